The van der Waals surface area contributed by atoms with E-state index in [1.54, 1.807) is 0 Å². The van der Waals surface area contributed by atoms with Gasteiger partial charge >= 0.3 is 0 Å². The first-order valence-corrected chi connectivity index (χ1v) is 9.96. The molecule has 0 bridgehead atoms. The highest BCUT2D eigenvalue weighted by Gasteiger charge is 2.22. The first-order chi connectivity index (χ1) is 13.3. The summed E-state index contributed by atoms with van der Waals surface area (Å²) in [6.07, 6.45) is 2.23. The zero-order valence-electron chi connectivity index (χ0n) is 16.4. The Balaban J connectivity index is 1.93. The van der Waals surface area contributed by atoms with E-state index in [9.17, 15) is 0 Å². The molecule has 2 aromatic carbocycles. The molecule has 0 N–H and O–H groups in total. The minimum absolute atomic E-state index is 0.880. The Hall–Kier alpha value is -2.82. The molecule has 0 aliphatic carbocycles. The van der Waals surface area contributed by atoms with Gasteiger partial charge in [-0.3, -0.25) is 4.90 Å². The molecule has 0 saturated heterocycles. The van der Waals surface area contributed by atoms with Crippen LogP contribution in [0.3, 0.4) is 0 Å². The van der Waals surface area contributed by atoms with Crippen LogP contribution in [0.4, 0.5) is 11.9 Å². The van der Waals surface area contributed by atoms with Crippen LogP contribution in [-0.4, -0.2) is 25.6 Å². The largest absolute Gasteiger partial charge is 0.310 e. The molecule has 0 aliphatic heterocycles. The first-order valence-electron chi connectivity index (χ1n) is 9.96. The SMILES string of the molecule is CCCCN(c1nc2ccccc2n1CC)c1nc2ccccc2n1CC. The summed E-state index contributed by atoms with van der Waals surface area (Å²) in [6.45, 7) is 9.25. The van der Waals surface area contributed by atoms with Crippen LogP contribution in [0.2, 0.25) is 0 Å². The second kappa shape index (κ2) is 7.43. The molecule has 4 rings (SSSR count). The van der Waals surface area contributed by atoms with Crippen molar-refractivity contribution in [3.8, 4) is 0 Å². The van der Waals surface area contributed by atoms with Gasteiger partial charge in [-0.05, 0) is 44.5 Å². The quantitative estimate of drug-likeness (QED) is 0.444. The summed E-state index contributed by atoms with van der Waals surface area (Å²) in [6, 6.07) is 16.7. The second-order valence-corrected chi connectivity index (χ2v) is 6.79. The normalized spacial score (nSPS) is 11.5. The van der Waals surface area contributed by atoms with Gasteiger partial charge in [-0.25, -0.2) is 9.97 Å². The van der Waals surface area contributed by atoms with Gasteiger partial charge < -0.3 is 9.13 Å². The van der Waals surface area contributed by atoms with Crippen LogP contribution in [0.5, 0.6) is 0 Å². The Morgan fingerprint density at radius 1 is 0.741 bits per heavy atom. The zero-order valence-corrected chi connectivity index (χ0v) is 16.4. The predicted molar refractivity (Wildman–Crippen MR) is 113 cm³/mol. The van der Waals surface area contributed by atoms with E-state index in [4.69, 9.17) is 9.97 Å². The zero-order chi connectivity index (χ0) is 18.8. The smallest absolute Gasteiger partial charge is 0.213 e. The molecule has 27 heavy (non-hydrogen) atoms. The molecule has 2 aromatic heterocycles. The molecule has 0 unspecified atom stereocenters. The van der Waals surface area contributed by atoms with Gasteiger partial charge in [0, 0.05) is 19.6 Å². The van der Waals surface area contributed by atoms with Crippen molar-refractivity contribution in [2.75, 3.05) is 11.4 Å². The summed E-state index contributed by atoms with van der Waals surface area (Å²) in [4.78, 5) is 12.3. The monoisotopic (exact) mass is 361 g/mol. The third-order valence-electron chi connectivity index (χ3n) is 5.12. The van der Waals surface area contributed by atoms with Crippen molar-refractivity contribution in [1.29, 1.82) is 0 Å². The number of unbranched alkanes of at least 4 members (excludes halogenated alkanes) is 1. The molecule has 0 radical (unpaired) electrons. The number of hydrogen-bond acceptors (Lipinski definition) is 3. The molecule has 5 heteroatoms. The maximum atomic E-state index is 4.99. The number of nitrogens with zero attached hydrogens (tertiary/aromatic N) is 5. The van der Waals surface area contributed by atoms with E-state index in [1.807, 2.05) is 0 Å². The lowest BCUT2D eigenvalue weighted by Crippen LogP contribution is -2.25. The number of aromatic nitrogens is 4. The van der Waals surface area contributed by atoms with Crippen molar-refractivity contribution in [3.63, 3.8) is 0 Å². The fourth-order valence-corrected chi connectivity index (χ4v) is 3.77. The number of fused-ring (bicyclic) bond motifs is 2. The Kier molecular flexibility index (Phi) is 4.84. The van der Waals surface area contributed by atoms with Gasteiger partial charge in [0.05, 0.1) is 22.1 Å². The van der Waals surface area contributed by atoms with Gasteiger partial charge in [-0.1, -0.05) is 37.6 Å². The maximum absolute atomic E-state index is 4.99. The molecule has 2 heterocycles. The molecule has 5 nitrogen and oxygen atoms in total. The lowest BCUT2D eigenvalue weighted by Gasteiger charge is -2.24. The number of rotatable bonds is 7. The number of aryl methyl sites for hydroxylation is 2. The van der Waals surface area contributed by atoms with Crippen molar-refractivity contribution < 1.29 is 0 Å². The molecule has 0 saturated carbocycles. The van der Waals surface area contributed by atoms with Crippen LogP contribution < -0.4 is 4.90 Å². The third-order valence-corrected chi connectivity index (χ3v) is 5.12. The van der Waals surface area contributed by atoms with Crippen LogP contribution >= 0.6 is 0 Å². The van der Waals surface area contributed by atoms with Gasteiger partial charge in [0.2, 0.25) is 11.9 Å². The maximum Gasteiger partial charge on any atom is 0.213 e. The van der Waals surface area contributed by atoms with E-state index < -0.39 is 0 Å². The number of imidazole rings is 2. The topological polar surface area (TPSA) is 38.9 Å². The van der Waals surface area contributed by atoms with Crippen LogP contribution in [0.1, 0.15) is 33.6 Å². The molecule has 0 spiro atoms. The highest BCUT2D eigenvalue weighted by molar-refractivity contribution is 5.82. The summed E-state index contributed by atoms with van der Waals surface area (Å²) in [5.74, 6) is 1.97. The van der Waals surface area contributed by atoms with E-state index in [-0.39, 0.29) is 0 Å². The Morgan fingerprint density at radius 3 is 1.67 bits per heavy atom. The van der Waals surface area contributed by atoms with Crippen molar-refractivity contribution >= 4 is 34.0 Å². The first kappa shape index (κ1) is 17.6. The lowest BCUT2D eigenvalue weighted by atomic mass is 10.3. The summed E-state index contributed by atoms with van der Waals surface area (Å²) in [5.41, 5.74) is 4.43. The van der Waals surface area contributed by atoms with E-state index >= 15 is 0 Å². The average Bonchev–Trinajstić information content (AvgIpc) is 3.26. The fourth-order valence-electron chi connectivity index (χ4n) is 3.77. The molecular formula is C22H27N5. The standard InChI is InChI=1S/C22H27N5/c1-4-7-16-27(21-23-17-12-8-10-14-19(17)25(21)5-2)22-24-18-13-9-11-15-20(18)26(22)6-3/h8-15H,4-7,16H2,1-3H3. The van der Waals surface area contributed by atoms with Crippen LogP contribution in [0, 0.1) is 0 Å². The average molecular weight is 361 g/mol. The molecule has 0 fully saturated rings. The second-order valence-electron chi connectivity index (χ2n) is 6.79. The predicted octanol–water partition coefficient (Wildman–Crippen LogP) is 5.36. The van der Waals surface area contributed by atoms with E-state index in [0.29, 0.717) is 0 Å². The van der Waals surface area contributed by atoms with Crippen molar-refractivity contribution in [3.05, 3.63) is 48.5 Å². The Morgan fingerprint density at radius 2 is 1.22 bits per heavy atom. The number of hydrogen-bond donors (Lipinski definition) is 0. The highest BCUT2D eigenvalue weighted by atomic mass is 15.4. The van der Waals surface area contributed by atoms with E-state index in [1.165, 1.54) is 11.0 Å². The molecule has 0 atom stereocenters. The minimum atomic E-state index is 0.880. The highest BCUT2D eigenvalue weighted by Crippen LogP contribution is 2.31. The number of benzene rings is 2. The Labute approximate surface area is 160 Å². The summed E-state index contributed by atoms with van der Waals surface area (Å²) in [7, 11) is 0. The molecular weight excluding hydrogens is 334 g/mol. The molecule has 4 aromatic rings. The lowest BCUT2D eigenvalue weighted by molar-refractivity contribution is 0.688. The van der Waals surface area contributed by atoms with Gasteiger partial charge in [-0.2, -0.15) is 0 Å². The third kappa shape index (κ3) is 2.97. The van der Waals surface area contributed by atoms with Gasteiger partial charge in [-0.15, -0.1) is 0 Å². The van der Waals surface area contributed by atoms with Crippen LogP contribution in [0.25, 0.3) is 22.1 Å². The summed E-state index contributed by atoms with van der Waals surface area (Å²) in [5, 5.41) is 0. The van der Waals surface area contributed by atoms with Crippen LogP contribution in [-0.2, 0) is 13.1 Å². The van der Waals surface area contributed by atoms with Crippen LogP contribution in [0.15, 0.2) is 48.5 Å². The van der Waals surface area contributed by atoms with Gasteiger partial charge in [0.1, 0.15) is 0 Å². The van der Waals surface area contributed by atoms with E-state index in [0.717, 1.165) is 55.4 Å². The molecule has 0 amide bonds. The number of para-hydroxylation sites is 4. The molecule has 140 valence electrons. The minimum Gasteiger partial charge on any atom is -0.310 e. The molecule has 0 aliphatic rings. The van der Waals surface area contributed by atoms with E-state index in [2.05, 4.69) is 83.3 Å². The number of anilines is 2. The van der Waals surface area contributed by atoms with Crippen molar-refractivity contribution in [1.82, 2.24) is 19.1 Å². The fraction of sp³-hybridized carbons (Fsp3) is 0.364. The van der Waals surface area contributed by atoms with Gasteiger partial charge in [0.25, 0.3) is 0 Å². The summed E-state index contributed by atoms with van der Waals surface area (Å²) >= 11 is 0. The summed E-state index contributed by atoms with van der Waals surface area (Å²) < 4.78 is 4.59. The van der Waals surface area contributed by atoms with Crippen molar-refractivity contribution in [2.24, 2.45) is 0 Å². The van der Waals surface area contributed by atoms with Crippen molar-refractivity contribution in [2.45, 2.75) is 46.7 Å². The van der Waals surface area contributed by atoms with Gasteiger partial charge in [0.15, 0.2) is 0 Å². The Bertz CT molecular complexity index is 977.